The van der Waals surface area contributed by atoms with Crippen LogP contribution in [0.15, 0.2) is 94.4 Å². The summed E-state index contributed by atoms with van der Waals surface area (Å²) in [6.07, 6.45) is 2.19. The number of methoxy groups -OCH3 is 1. The number of carbonyl (C=O) groups is 2. The fraction of sp³-hybridized carbons (Fsp3) is 0.194. The Morgan fingerprint density at radius 1 is 0.895 bits per heavy atom. The number of hydrogen-bond donors (Lipinski definition) is 2. The molecule has 1 aliphatic rings. The fourth-order valence-corrected chi connectivity index (χ4v) is 4.83. The van der Waals surface area contributed by atoms with Crippen LogP contribution in [0, 0.1) is 6.92 Å². The Morgan fingerprint density at radius 3 is 2.13 bits per heavy atom. The third kappa shape index (κ3) is 5.22. The van der Waals surface area contributed by atoms with Gasteiger partial charge < -0.3 is 14.5 Å². The summed E-state index contributed by atoms with van der Waals surface area (Å²) in [5.41, 5.74) is 7.43. The van der Waals surface area contributed by atoms with Crippen LogP contribution in [0.25, 0.3) is 0 Å². The molecule has 2 N–H and O–H groups in total. The molecular weight excluding hydrogens is 478 g/mol. The number of fused-ring (bicyclic) bond motifs is 1. The van der Waals surface area contributed by atoms with Crippen molar-refractivity contribution in [1.29, 1.82) is 0 Å². The zero-order valence-corrected chi connectivity index (χ0v) is 21.4. The van der Waals surface area contributed by atoms with Gasteiger partial charge in [0.15, 0.2) is 5.76 Å². The van der Waals surface area contributed by atoms with E-state index >= 15 is 0 Å². The normalized spacial score (nSPS) is 13.7. The van der Waals surface area contributed by atoms with Crippen molar-refractivity contribution >= 4 is 23.2 Å². The number of carbonyl (C=O) groups excluding carboxylic acids is 2. The van der Waals surface area contributed by atoms with Crippen LogP contribution >= 0.6 is 0 Å². The number of nitrogens with one attached hydrogen (secondary N) is 2. The van der Waals surface area contributed by atoms with Gasteiger partial charge in [-0.2, -0.15) is 5.10 Å². The first-order valence-corrected chi connectivity index (χ1v) is 12.6. The average molecular weight is 508 g/mol. The lowest BCUT2D eigenvalue weighted by molar-refractivity contribution is -0.121. The number of aryl methyl sites for hydroxylation is 1. The maximum absolute atomic E-state index is 13.4. The predicted molar refractivity (Wildman–Crippen MR) is 147 cm³/mol. The Balaban J connectivity index is 1.38. The highest BCUT2D eigenvalue weighted by Crippen LogP contribution is 2.31. The maximum Gasteiger partial charge on any atom is 0.291 e. The Morgan fingerprint density at radius 2 is 1.53 bits per heavy atom. The minimum Gasteiger partial charge on any atom is -0.497 e. The lowest BCUT2D eigenvalue weighted by atomic mass is 9.90. The van der Waals surface area contributed by atoms with Crippen LogP contribution in [0.1, 0.15) is 57.3 Å². The molecular formula is C31H29N3O4. The Bertz CT molecular complexity index is 1420. The van der Waals surface area contributed by atoms with Gasteiger partial charge in [0.1, 0.15) is 11.5 Å². The molecule has 192 valence electrons. The molecule has 0 unspecified atom stereocenters. The van der Waals surface area contributed by atoms with E-state index in [9.17, 15) is 9.59 Å². The average Bonchev–Trinajstić information content (AvgIpc) is 3.30. The predicted octanol–water partition coefficient (Wildman–Crippen LogP) is 5.84. The first-order chi connectivity index (χ1) is 18.5. The molecule has 2 amide bonds. The van der Waals surface area contributed by atoms with Crippen molar-refractivity contribution in [1.82, 2.24) is 5.43 Å². The monoisotopic (exact) mass is 507 g/mol. The fourth-order valence-electron chi connectivity index (χ4n) is 4.83. The Labute approximate surface area is 221 Å². The number of nitrogens with zero attached hydrogens (tertiary/aromatic N) is 1. The third-order valence-corrected chi connectivity index (χ3v) is 6.71. The molecule has 1 aromatic heterocycles. The number of hydrazone groups is 1. The first-order valence-electron chi connectivity index (χ1n) is 12.6. The van der Waals surface area contributed by atoms with Crippen LogP contribution in [0.5, 0.6) is 5.75 Å². The number of anilines is 1. The van der Waals surface area contributed by atoms with Gasteiger partial charge >= 0.3 is 0 Å². The van der Waals surface area contributed by atoms with Gasteiger partial charge in [-0.05, 0) is 55.2 Å². The molecule has 0 saturated heterocycles. The van der Waals surface area contributed by atoms with Gasteiger partial charge in [0, 0.05) is 23.2 Å². The van der Waals surface area contributed by atoms with Gasteiger partial charge in [-0.3, -0.25) is 9.59 Å². The number of furan rings is 1. The molecule has 0 fully saturated rings. The van der Waals surface area contributed by atoms with E-state index in [1.54, 1.807) is 31.4 Å². The smallest absolute Gasteiger partial charge is 0.291 e. The van der Waals surface area contributed by atoms with Gasteiger partial charge in [-0.25, -0.2) is 5.43 Å². The van der Waals surface area contributed by atoms with E-state index < -0.39 is 5.92 Å². The molecule has 3 aromatic carbocycles. The van der Waals surface area contributed by atoms with E-state index in [1.807, 2.05) is 67.6 Å². The van der Waals surface area contributed by atoms with Crippen LogP contribution in [0.3, 0.4) is 0 Å². The highest BCUT2D eigenvalue weighted by molar-refractivity contribution is 6.09. The third-order valence-electron chi connectivity index (χ3n) is 6.71. The molecule has 0 spiro atoms. The molecule has 5 rings (SSSR count). The van der Waals surface area contributed by atoms with Crippen molar-refractivity contribution in [3.05, 3.63) is 119 Å². The highest BCUT2D eigenvalue weighted by Gasteiger charge is 2.29. The number of ether oxygens (including phenoxy) is 1. The van der Waals surface area contributed by atoms with Crippen LogP contribution in [0.4, 0.5) is 5.69 Å². The molecule has 1 heterocycles. The molecule has 0 bridgehead atoms. The highest BCUT2D eigenvalue weighted by atomic mass is 16.5. The Hall–Kier alpha value is -4.65. The van der Waals surface area contributed by atoms with Crippen LogP contribution in [-0.4, -0.2) is 24.6 Å². The summed E-state index contributed by atoms with van der Waals surface area (Å²) in [4.78, 5) is 26.5. The second-order valence-corrected chi connectivity index (χ2v) is 9.18. The topological polar surface area (TPSA) is 92.9 Å². The number of rotatable bonds is 7. The zero-order valence-electron chi connectivity index (χ0n) is 21.4. The summed E-state index contributed by atoms with van der Waals surface area (Å²) in [7, 11) is 1.59. The molecule has 7 heteroatoms. The largest absolute Gasteiger partial charge is 0.497 e. The molecule has 1 aliphatic carbocycles. The molecule has 4 aromatic rings. The van der Waals surface area contributed by atoms with Crippen LogP contribution in [0.2, 0.25) is 0 Å². The number of hydrogen-bond acceptors (Lipinski definition) is 5. The molecule has 0 saturated carbocycles. The van der Waals surface area contributed by atoms with Gasteiger partial charge in [-0.15, -0.1) is 0 Å². The minimum atomic E-state index is -0.499. The lowest BCUT2D eigenvalue weighted by Crippen LogP contribution is -2.28. The van der Waals surface area contributed by atoms with E-state index in [1.165, 1.54) is 0 Å². The van der Waals surface area contributed by atoms with E-state index in [4.69, 9.17) is 9.15 Å². The SMILES string of the molecule is COc1ccc(NC(=O)c2oc3c(c2C)/C(=N/NC(=O)C(c2ccccc2)c2ccccc2)CCC3)cc1. The van der Waals surface area contributed by atoms with Crippen molar-refractivity contribution < 1.29 is 18.7 Å². The summed E-state index contributed by atoms with van der Waals surface area (Å²) in [5.74, 6) is 0.611. The van der Waals surface area contributed by atoms with E-state index in [0.29, 0.717) is 41.3 Å². The number of amides is 2. The summed E-state index contributed by atoms with van der Waals surface area (Å²) in [6.45, 7) is 1.85. The van der Waals surface area contributed by atoms with Crippen LogP contribution in [-0.2, 0) is 11.2 Å². The molecule has 38 heavy (non-hydrogen) atoms. The van der Waals surface area contributed by atoms with Crippen LogP contribution < -0.4 is 15.5 Å². The van der Waals surface area contributed by atoms with Gasteiger partial charge in [-0.1, -0.05) is 60.7 Å². The summed E-state index contributed by atoms with van der Waals surface area (Å²) >= 11 is 0. The lowest BCUT2D eigenvalue weighted by Gasteiger charge is -2.18. The van der Waals surface area contributed by atoms with E-state index in [2.05, 4.69) is 15.8 Å². The van der Waals surface area contributed by atoms with Gasteiger partial charge in [0.25, 0.3) is 11.8 Å². The molecule has 0 aliphatic heterocycles. The summed E-state index contributed by atoms with van der Waals surface area (Å²) < 4.78 is 11.2. The molecule has 7 nitrogen and oxygen atoms in total. The summed E-state index contributed by atoms with van der Waals surface area (Å²) in [5, 5.41) is 7.42. The first kappa shape index (κ1) is 25.0. The van der Waals surface area contributed by atoms with E-state index in [-0.39, 0.29) is 17.6 Å². The second kappa shape index (κ2) is 11.2. The van der Waals surface area contributed by atoms with Gasteiger partial charge in [0.2, 0.25) is 0 Å². The van der Waals surface area contributed by atoms with Crippen molar-refractivity contribution in [2.24, 2.45) is 5.10 Å². The van der Waals surface area contributed by atoms with Crippen molar-refractivity contribution in [3.8, 4) is 5.75 Å². The molecule has 0 radical (unpaired) electrons. The second-order valence-electron chi connectivity index (χ2n) is 9.18. The van der Waals surface area contributed by atoms with Crippen molar-refractivity contribution in [2.75, 3.05) is 12.4 Å². The Kier molecular flexibility index (Phi) is 7.35. The number of benzene rings is 3. The minimum absolute atomic E-state index is 0.222. The van der Waals surface area contributed by atoms with E-state index in [0.717, 1.165) is 23.1 Å². The zero-order chi connectivity index (χ0) is 26.5. The van der Waals surface area contributed by atoms with Crippen molar-refractivity contribution in [3.63, 3.8) is 0 Å². The van der Waals surface area contributed by atoms with Gasteiger partial charge in [0.05, 0.1) is 18.7 Å². The quantitative estimate of drug-likeness (QED) is 0.308. The summed E-state index contributed by atoms with van der Waals surface area (Å²) in [6, 6.07) is 26.4. The maximum atomic E-state index is 13.4. The standard InChI is InChI=1S/C31H29N3O4/c1-20-27-25(33-34-30(35)28(21-10-5-3-6-11-21)22-12-7-4-8-13-22)14-9-15-26(27)38-29(20)31(36)32-23-16-18-24(37-2)19-17-23/h3-8,10-13,16-19,28H,9,14-15H2,1-2H3,(H,32,36)(H,34,35)/b33-25+. The molecule has 0 atom stereocenters. The van der Waals surface area contributed by atoms with Crippen molar-refractivity contribution in [2.45, 2.75) is 32.1 Å².